The SMILES string of the molecule is CC(C)c1ccc2c(c1)C(=Cc1ccc3c(C=Cc4ccncc4)n[nH]c3c1)C(=O)N2.O=C(O)C(F)(F)F. The summed E-state index contributed by atoms with van der Waals surface area (Å²) in [7, 11) is 0. The van der Waals surface area contributed by atoms with Crippen LogP contribution in [0.3, 0.4) is 0 Å². The first kappa shape index (κ1) is 26.3. The number of fused-ring (bicyclic) bond motifs is 2. The van der Waals surface area contributed by atoms with E-state index in [2.05, 4.69) is 46.5 Å². The lowest BCUT2D eigenvalue weighted by molar-refractivity contribution is -0.192. The maximum Gasteiger partial charge on any atom is 0.490 e. The lowest BCUT2D eigenvalue weighted by atomic mass is 9.96. The average Bonchev–Trinajstić information content (AvgIpc) is 3.42. The molecule has 2 aromatic heterocycles. The first-order chi connectivity index (χ1) is 18.0. The van der Waals surface area contributed by atoms with Gasteiger partial charge in [-0.3, -0.25) is 14.9 Å². The zero-order chi connectivity index (χ0) is 27.4. The molecule has 3 N–H and O–H groups in total. The highest BCUT2D eigenvalue weighted by Gasteiger charge is 2.38. The van der Waals surface area contributed by atoms with Gasteiger partial charge >= 0.3 is 12.1 Å². The van der Waals surface area contributed by atoms with Gasteiger partial charge in [0, 0.05) is 34.6 Å². The van der Waals surface area contributed by atoms with Crippen molar-refractivity contribution < 1.29 is 27.9 Å². The Balaban J connectivity index is 0.000000426. The molecule has 0 fully saturated rings. The molecule has 10 heteroatoms. The van der Waals surface area contributed by atoms with E-state index in [-0.39, 0.29) is 5.91 Å². The van der Waals surface area contributed by atoms with Gasteiger partial charge in [-0.25, -0.2) is 4.79 Å². The Labute approximate surface area is 215 Å². The fourth-order valence-corrected chi connectivity index (χ4v) is 3.80. The molecular formula is C28H23F3N4O3. The van der Waals surface area contributed by atoms with E-state index in [4.69, 9.17) is 9.90 Å². The molecule has 0 bridgehead atoms. The summed E-state index contributed by atoms with van der Waals surface area (Å²) in [6, 6.07) is 16.2. The van der Waals surface area contributed by atoms with Crippen molar-refractivity contribution in [2.24, 2.45) is 0 Å². The van der Waals surface area contributed by atoms with E-state index in [9.17, 15) is 18.0 Å². The number of anilines is 1. The molecule has 7 nitrogen and oxygen atoms in total. The van der Waals surface area contributed by atoms with Crippen LogP contribution >= 0.6 is 0 Å². The van der Waals surface area contributed by atoms with E-state index >= 15 is 0 Å². The molecule has 0 saturated carbocycles. The molecular weight excluding hydrogens is 497 g/mol. The van der Waals surface area contributed by atoms with Gasteiger partial charge in [0.25, 0.3) is 5.91 Å². The van der Waals surface area contributed by atoms with Crippen LogP contribution in [0.2, 0.25) is 0 Å². The Morgan fingerprint density at radius 3 is 2.37 bits per heavy atom. The number of carboxylic acids is 1. The Morgan fingerprint density at radius 1 is 1.00 bits per heavy atom. The van der Waals surface area contributed by atoms with E-state index in [1.807, 2.05) is 54.6 Å². The lowest BCUT2D eigenvalue weighted by Gasteiger charge is -2.07. The first-order valence-electron chi connectivity index (χ1n) is 11.6. The number of carbonyl (C=O) groups excluding carboxylic acids is 1. The normalized spacial score (nSPS) is 14.1. The molecule has 4 aromatic rings. The standard InChI is InChI=1S/C26H22N4O.C2HF3O2/c1-16(2)19-5-8-23-21(15-19)22(26(31)28-23)13-18-3-6-20-24(29-30-25(20)14-18)7-4-17-9-11-27-12-10-17;3-2(4,5)1(6)7/h3-16H,1-2H3,(H,28,31)(H,29,30);(H,6,7). The molecule has 3 heterocycles. The van der Waals surface area contributed by atoms with Crippen LogP contribution in [0.15, 0.2) is 60.9 Å². The number of carbonyl (C=O) groups is 2. The molecule has 1 aliphatic heterocycles. The number of aromatic nitrogens is 3. The van der Waals surface area contributed by atoms with Gasteiger partial charge in [-0.1, -0.05) is 32.1 Å². The van der Waals surface area contributed by atoms with Gasteiger partial charge in [-0.15, -0.1) is 0 Å². The summed E-state index contributed by atoms with van der Waals surface area (Å²) in [6.07, 6.45) is 4.39. The summed E-state index contributed by atoms with van der Waals surface area (Å²) in [6.45, 7) is 4.31. The molecule has 0 unspecified atom stereocenters. The third-order valence-corrected chi connectivity index (χ3v) is 5.80. The number of rotatable bonds is 4. The molecule has 2 aromatic carbocycles. The van der Waals surface area contributed by atoms with Gasteiger partial charge in [0.15, 0.2) is 0 Å². The number of aromatic amines is 1. The second-order valence-corrected chi connectivity index (χ2v) is 8.80. The minimum Gasteiger partial charge on any atom is -0.475 e. The Kier molecular flexibility index (Phi) is 7.43. The van der Waals surface area contributed by atoms with Gasteiger partial charge in [0.2, 0.25) is 0 Å². The summed E-state index contributed by atoms with van der Waals surface area (Å²) in [5.74, 6) is -2.42. The number of nitrogens with one attached hydrogen (secondary N) is 2. The van der Waals surface area contributed by atoms with Crippen LogP contribution < -0.4 is 5.32 Å². The lowest BCUT2D eigenvalue weighted by Crippen LogP contribution is -2.21. The number of hydrogen-bond acceptors (Lipinski definition) is 4. The molecule has 1 amide bonds. The zero-order valence-electron chi connectivity index (χ0n) is 20.4. The Bertz CT molecular complexity index is 1550. The highest BCUT2D eigenvalue weighted by Crippen LogP contribution is 2.35. The van der Waals surface area contributed by atoms with Crippen LogP contribution in [-0.2, 0) is 9.59 Å². The van der Waals surface area contributed by atoms with Gasteiger partial charge in [-0.2, -0.15) is 18.3 Å². The van der Waals surface area contributed by atoms with E-state index < -0.39 is 12.1 Å². The summed E-state index contributed by atoms with van der Waals surface area (Å²) < 4.78 is 31.7. The van der Waals surface area contributed by atoms with Gasteiger partial charge in [0.05, 0.1) is 11.2 Å². The van der Waals surface area contributed by atoms with Crippen molar-refractivity contribution in [2.45, 2.75) is 25.9 Å². The number of carboxylic acid groups (broad SMARTS) is 1. The third kappa shape index (κ3) is 5.97. The summed E-state index contributed by atoms with van der Waals surface area (Å²) >= 11 is 0. The van der Waals surface area contributed by atoms with E-state index in [1.54, 1.807) is 12.4 Å². The van der Waals surface area contributed by atoms with Crippen LogP contribution in [0.4, 0.5) is 18.9 Å². The highest BCUT2D eigenvalue weighted by molar-refractivity contribution is 6.35. The number of amides is 1. The largest absolute Gasteiger partial charge is 0.490 e. The molecule has 0 atom stereocenters. The molecule has 0 radical (unpaired) electrons. The van der Waals surface area contributed by atoms with Gasteiger partial charge in [0.1, 0.15) is 0 Å². The van der Waals surface area contributed by atoms with Crippen molar-refractivity contribution in [3.8, 4) is 0 Å². The maximum absolute atomic E-state index is 12.6. The fraction of sp³-hybridized carbons (Fsp3) is 0.143. The molecule has 0 aliphatic carbocycles. The minimum atomic E-state index is -5.08. The summed E-state index contributed by atoms with van der Waals surface area (Å²) in [4.78, 5) is 25.5. The molecule has 5 rings (SSSR count). The average molecular weight is 521 g/mol. The topological polar surface area (TPSA) is 108 Å². The van der Waals surface area contributed by atoms with Gasteiger partial charge < -0.3 is 10.4 Å². The van der Waals surface area contributed by atoms with E-state index in [0.717, 1.165) is 39.0 Å². The Hall–Kier alpha value is -4.73. The van der Waals surface area contributed by atoms with Crippen molar-refractivity contribution in [3.05, 3.63) is 88.9 Å². The maximum atomic E-state index is 12.6. The second kappa shape index (κ2) is 10.7. The number of H-pyrrole nitrogens is 1. The number of hydrogen-bond donors (Lipinski definition) is 3. The van der Waals surface area contributed by atoms with Crippen LogP contribution in [0.1, 0.15) is 47.7 Å². The smallest absolute Gasteiger partial charge is 0.475 e. The summed E-state index contributed by atoms with van der Waals surface area (Å²) in [5.41, 5.74) is 7.56. The van der Waals surface area contributed by atoms with Crippen molar-refractivity contribution in [1.82, 2.24) is 15.2 Å². The number of benzene rings is 2. The van der Waals surface area contributed by atoms with E-state index in [1.165, 1.54) is 5.56 Å². The fourth-order valence-electron chi connectivity index (χ4n) is 3.80. The van der Waals surface area contributed by atoms with Crippen LogP contribution in [0.5, 0.6) is 0 Å². The first-order valence-corrected chi connectivity index (χ1v) is 11.6. The molecule has 0 saturated heterocycles. The predicted octanol–water partition coefficient (Wildman–Crippen LogP) is 6.38. The Morgan fingerprint density at radius 2 is 1.71 bits per heavy atom. The number of halogens is 3. The highest BCUT2D eigenvalue weighted by atomic mass is 19.4. The van der Waals surface area contributed by atoms with Crippen molar-refractivity contribution in [1.29, 1.82) is 0 Å². The van der Waals surface area contributed by atoms with E-state index in [0.29, 0.717) is 11.5 Å². The summed E-state index contributed by atoms with van der Waals surface area (Å²) in [5, 5.41) is 18.7. The molecule has 194 valence electrons. The van der Waals surface area contributed by atoms with Crippen LogP contribution in [0, 0.1) is 0 Å². The molecule has 0 spiro atoms. The second-order valence-electron chi connectivity index (χ2n) is 8.80. The number of nitrogens with zero attached hydrogens (tertiary/aromatic N) is 2. The monoisotopic (exact) mass is 520 g/mol. The van der Waals surface area contributed by atoms with Crippen LogP contribution in [0.25, 0.3) is 34.7 Å². The number of pyridine rings is 1. The number of aliphatic carboxylic acids is 1. The van der Waals surface area contributed by atoms with Crippen molar-refractivity contribution >= 4 is 52.3 Å². The minimum absolute atomic E-state index is 0.0680. The third-order valence-electron chi connectivity index (χ3n) is 5.80. The van der Waals surface area contributed by atoms with Crippen LogP contribution in [-0.4, -0.2) is 38.3 Å². The van der Waals surface area contributed by atoms with Gasteiger partial charge in [-0.05, 0) is 71.2 Å². The predicted molar refractivity (Wildman–Crippen MR) is 140 cm³/mol. The number of alkyl halides is 3. The van der Waals surface area contributed by atoms with Crippen molar-refractivity contribution in [2.75, 3.05) is 5.32 Å². The molecule has 1 aliphatic rings. The van der Waals surface area contributed by atoms with Crippen molar-refractivity contribution in [3.63, 3.8) is 0 Å². The zero-order valence-corrected chi connectivity index (χ0v) is 20.4. The molecule has 38 heavy (non-hydrogen) atoms. The quantitative estimate of drug-likeness (QED) is 0.271.